The molecule has 0 radical (unpaired) electrons. The highest BCUT2D eigenvalue weighted by Gasteiger charge is 2.50. The Bertz CT molecular complexity index is 1600. The van der Waals surface area contributed by atoms with E-state index in [0.29, 0.717) is 23.7 Å². The fourth-order valence-electron chi connectivity index (χ4n) is 7.80. The van der Waals surface area contributed by atoms with Crippen molar-refractivity contribution >= 4 is 23.3 Å². The quantitative estimate of drug-likeness (QED) is 0.391. The number of nitrogens with one attached hydrogen (secondary N) is 3. The molecule has 42 heavy (non-hydrogen) atoms. The lowest BCUT2D eigenvalue weighted by Gasteiger charge is -2.30. The van der Waals surface area contributed by atoms with Gasteiger partial charge in [0, 0.05) is 41.4 Å². The number of amidine groups is 4. The van der Waals surface area contributed by atoms with Crippen LogP contribution < -0.4 is 16.0 Å². The molecule has 0 spiro atoms. The summed E-state index contributed by atoms with van der Waals surface area (Å²) in [7, 11) is 0. The molecule has 0 aromatic carbocycles. The second-order valence-electron chi connectivity index (χ2n) is 12.1. The minimum absolute atomic E-state index is 0.00273. The van der Waals surface area contributed by atoms with Gasteiger partial charge in [-0.1, -0.05) is 78.0 Å². The number of hydrogen-bond donors (Lipinski definition) is 3. The molecular formula is C32H30F2N8. The first-order valence-electron chi connectivity index (χ1n) is 14.8. The van der Waals surface area contributed by atoms with Crippen molar-refractivity contribution in [1.82, 2.24) is 21.1 Å². The minimum Gasteiger partial charge on any atom is -0.355 e. The van der Waals surface area contributed by atoms with Gasteiger partial charge >= 0.3 is 0 Å². The Kier molecular flexibility index (Phi) is 5.33. The van der Waals surface area contributed by atoms with Gasteiger partial charge < -0.3 is 16.0 Å². The van der Waals surface area contributed by atoms with Gasteiger partial charge in [-0.25, -0.2) is 24.4 Å². The van der Waals surface area contributed by atoms with E-state index in [9.17, 15) is 4.39 Å². The summed E-state index contributed by atoms with van der Waals surface area (Å²) >= 11 is 0. The van der Waals surface area contributed by atoms with E-state index >= 15 is 4.48 Å². The first-order chi connectivity index (χ1) is 20.6. The second kappa shape index (κ2) is 9.16. The summed E-state index contributed by atoms with van der Waals surface area (Å²) in [5.41, 5.74) is 0.610. The molecule has 212 valence electrons. The molecule has 8 bridgehead atoms. The van der Waals surface area contributed by atoms with Crippen LogP contribution in [0, 0.1) is 41.4 Å². The zero-order chi connectivity index (χ0) is 27.9. The van der Waals surface area contributed by atoms with Crippen LogP contribution >= 0.6 is 0 Å². The highest BCUT2D eigenvalue weighted by atomic mass is 19.2. The van der Waals surface area contributed by atoms with Gasteiger partial charge in [0.05, 0.1) is 0 Å². The first kappa shape index (κ1) is 24.4. The van der Waals surface area contributed by atoms with Crippen molar-refractivity contribution in [3.63, 3.8) is 0 Å². The predicted molar refractivity (Wildman–Crippen MR) is 158 cm³/mol. The third kappa shape index (κ3) is 3.60. The van der Waals surface area contributed by atoms with Crippen molar-refractivity contribution in [1.29, 1.82) is 0 Å². The maximum absolute atomic E-state index is 16.7. The molecule has 10 heteroatoms. The van der Waals surface area contributed by atoms with Crippen LogP contribution in [0.4, 0.5) is 8.87 Å². The van der Waals surface area contributed by atoms with Gasteiger partial charge in [0.1, 0.15) is 41.5 Å². The topological polar surface area (TPSA) is 88.8 Å². The first-order valence-corrected chi connectivity index (χ1v) is 14.8. The van der Waals surface area contributed by atoms with Gasteiger partial charge in [-0.2, -0.15) is 0 Å². The monoisotopic (exact) mass is 564 g/mol. The molecule has 9 aliphatic rings. The van der Waals surface area contributed by atoms with Crippen LogP contribution in [-0.4, -0.2) is 53.1 Å². The Hall–Kier alpha value is -4.18. The molecule has 0 aromatic heterocycles. The molecule has 5 heterocycles. The average molecular weight is 565 g/mol. The molecule has 1 saturated heterocycles. The van der Waals surface area contributed by atoms with Gasteiger partial charge in [-0.15, -0.1) is 4.48 Å². The summed E-state index contributed by atoms with van der Waals surface area (Å²) in [5.74, 6) is 2.21. The molecule has 4 aliphatic carbocycles. The number of hydrogen-bond acceptors (Lipinski definition) is 8. The van der Waals surface area contributed by atoms with Gasteiger partial charge in [0.25, 0.3) is 0 Å². The molecular weight excluding hydrogens is 534 g/mol. The number of rotatable bonds is 0. The summed E-state index contributed by atoms with van der Waals surface area (Å²) in [4.78, 5) is 20.2. The number of nitrogens with zero attached hydrogens (tertiary/aromatic N) is 5. The molecule has 11 atom stereocenters. The van der Waals surface area contributed by atoms with E-state index in [-0.39, 0.29) is 59.6 Å². The molecule has 0 aromatic rings. The Morgan fingerprint density at radius 1 is 0.690 bits per heavy atom. The third-order valence-corrected chi connectivity index (χ3v) is 9.87. The minimum atomic E-state index is -0.970. The smallest absolute Gasteiger partial charge is 0.156 e. The van der Waals surface area contributed by atoms with Gasteiger partial charge in [0.2, 0.25) is 0 Å². The Balaban J connectivity index is 1.18. The second-order valence-corrected chi connectivity index (χ2v) is 12.1. The maximum atomic E-state index is 16.7. The lowest BCUT2D eigenvalue weighted by atomic mass is 9.85. The van der Waals surface area contributed by atoms with E-state index < -0.39 is 12.3 Å². The number of fused-ring (bicyclic) bond motifs is 17. The molecule has 1 fully saturated rings. The molecule has 0 amide bonds. The van der Waals surface area contributed by atoms with Crippen LogP contribution in [0.15, 0.2) is 116 Å². The van der Waals surface area contributed by atoms with E-state index in [4.69, 9.17) is 20.0 Å². The van der Waals surface area contributed by atoms with E-state index in [1.807, 2.05) is 30.4 Å². The molecule has 0 saturated carbocycles. The van der Waals surface area contributed by atoms with Gasteiger partial charge in [-0.05, 0) is 24.1 Å². The van der Waals surface area contributed by atoms with E-state index in [1.165, 1.54) is 6.08 Å². The Morgan fingerprint density at radius 3 is 2.12 bits per heavy atom. The Morgan fingerprint density at radius 2 is 1.33 bits per heavy atom. The Labute approximate surface area is 242 Å². The summed E-state index contributed by atoms with van der Waals surface area (Å²) in [5, 5.41) is 11.4. The zero-order valence-corrected chi connectivity index (χ0v) is 22.6. The third-order valence-electron chi connectivity index (χ3n) is 9.87. The summed E-state index contributed by atoms with van der Waals surface area (Å²) < 4.78 is 31.3. The molecule has 3 N–H and O–H groups in total. The fraction of sp³-hybridized carbons (Fsp3) is 0.375. The van der Waals surface area contributed by atoms with E-state index in [2.05, 4.69) is 58.5 Å². The fourth-order valence-corrected chi connectivity index (χ4v) is 7.80. The van der Waals surface area contributed by atoms with Crippen molar-refractivity contribution in [3.8, 4) is 0 Å². The summed E-state index contributed by atoms with van der Waals surface area (Å²) in [6, 6.07) is 0. The molecule has 11 unspecified atom stereocenters. The SMILES string of the molecule is FC1=CCC2C(=C1)C1N=C2NC2=NC(NC3=NC(N=C4NC(C5C=CC=CC45)N1F)C1C=CC=CC31)C1C=CC=CC21. The molecule has 5 aliphatic heterocycles. The standard InChI is InChI=1S/C32H30F2N8/c33-16-13-14-22-24(15-16)32-41-30(22)39-28-20-10-4-2-8-18(20)26(37-28)35-25-17-7-1-3-9-19(17)27(36-25)38-29-21-11-5-6-12-23(21)31(40-29)42(32)34/h1-13,15,17-23,26-27,31-32H,14H2,(H,35,36)(H,38,40)(H,37,39,41). The lowest BCUT2D eigenvalue weighted by Crippen LogP contribution is -2.46. The highest BCUT2D eigenvalue weighted by Crippen LogP contribution is 2.42. The van der Waals surface area contributed by atoms with Crippen molar-refractivity contribution < 1.29 is 8.87 Å². The number of aliphatic imine (C=N–C) groups is 4. The number of halogens is 2. The average Bonchev–Trinajstić information content (AvgIpc) is 3.75. The number of allylic oxidation sites excluding steroid dienone is 9. The van der Waals surface area contributed by atoms with Crippen LogP contribution in [0.25, 0.3) is 0 Å². The largest absolute Gasteiger partial charge is 0.355 e. The van der Waals surface area contributed by atoms with Crippen LogP contribution in [0.5, 0.6) is 0 Å². The van der Waals surface area contributed by atoms with Crippen LogP contribution in [-0.2, 0) is 0 Å². The normalized spacial score (nSPS) is 43.4. The zero-order valence-electron chi connectivity index (χ0n) is 22.6. The molecule has 8 nitrogen and oxygen atoms in total. The van der Waals surface area contributed by atoms with Gasteiger partial charge in [-0.3, -0.25) is 0 Å². The summed E-state index contributed by atoms with van der Waals surface area (Å²) in [6.07, 6.45) is 26.0. The van der Waals surface area contributed by atoms with Crippen molar-refractivity contribution in [3.05, 3.63) is 96.5 Å². The van der Waals surface area contributed by atoms with Gasteiger partial charge in [0.15, 0.2) is 12.3 Å². The van der Waals surface area contributed by atoms with Crippen LogP contribution in [0.1, 0.15) is 6.42 Å². The van der Waals surface area contributed by atoms with E-state index in [1.54, 1.807) is 6.08 Å². The highest BCUT2D eigenvalue weighted by molar-refractivity contribution is 6.07. The van der Waals surface area contributed by atoms with E-state index in [0.717, 1.165) is 16.8 Å². The lowest BCUT2D eigenvalue weighted by molar-refractivity contribution is -0.0647. The molecule has 9 rings (SSSR count). The van der Waals surface area contributed by atoms with Crippen LogP contribution in [0.2, 0.25) is 0 Å². The van der Waals surface area contributed by atoms with Crippen molar-refractivity contribution in [2.45, 2.75) is 31.1 Å². The van der Waals surface area contributed by atoms with Crippen LogP contribution in [0.3, 0.4) is 0 Å². The summed E-state index contributed by atoms with van der Waals surface area (Å²) in [6.45, 7) is 0. The maximum Gasteiger partial charge on any atom is 0.156 e. The van der Waals surface area contributed by atoms with Crippen molar-refractivity contribution in [2.75, 3.05) is 0 Å². The van der Waals surface area contributed by atoms with Crippen molar-refractivity contribution in [2.24, 2.45) is 61.4 Å². The predicted octanol–water partition coefficient (Wildman–Crippen LogP) is 3.78.